The van der Waals surface area contributed by atoms with Crippen LogP contribution in [0.1, 0.15) is 16.9 Å². The van der Waals surface area contributed by atoms with E-state index < -0.39 is 0 Å². The fourth-order valence-electron chi connectivity index (χ4n) is 2.57. The van der Waals surface area contributed by atoms with E-state index in [1.807, 2.05) is 24.1 Å². The SMILES string of the molecule is Cc1cc(NC(=O)CN(C)Cc2cc(Cl)cc3c2OCOC3)no1. The minimum Gasteiger partial charge on any atom is -0.467 e. The van der Waals surface area contributed by atoms with Crippen LogP contribution in [0.15, 0.2) is 22.7 Å². The number of hydrogen-bond acceptors (Lipinski definition) is 6. The van der Waals surface area contributed by atoms with E-state index in [-0.39, 0.29) is 19.2 Å². The zero-order valence-corrected chi connectivity index (χ0v) is 14.2. The molecule has 1 aliphatic heterocycles. The first-order valence-electron chi connectivity index (χ1n) is 7.45. The Balaban J connectivity index is 1.63. The van der Waals surface area contributed by atoms with Crippen LogP contribution >= 0.6 is 11.6 Å². The van der Waals surface area contributed by atoms with Crippen LogP contribution in [0.25, 0.3) is 0 Å². The lowest BCUT2D eigenvalue weighted by atomic mass is 10.1. The molecule has 0 fully saturated rings. The lowest BCUT2D eigenvalue weighted by Gasteiger charge is -2.23. The van der Waals surface area contributed by atoms with Gasteiger partial charge in [-0.2, -0.15) is 0 Å². The first-order valence-corrected chi connectivity index (χ1v) is 7.82. The summed E-state index contributed by atoms with van der Waals surface area (Å²) in [4.78, 5) is 13.9. The zero-order chi connectivity index (χ0) is 17.1. The minimum atomic E-state index is -0.175. The van der Waals surface area contributed by atoms with E-state index in [9.17, 15) is 4.79 Å². The van der Waals surface area contributed by atoms with Gasteiger partial charge in [-0.15, -0.1) is 0 Å². The molecule has 0 bridgehead atoms. The first kappa shape index (κ1) is 16.8. The van der Waals surface area contributed by atoms with Gasteiger partial charge in [0.05, 0.1) is 13.2 Å². The van der Waals surface area contributed by atoms with E-state index in [0.717, 1.165) is 16.9 Å². The van der Waals surface area contributed by atoms with Gasteiger partial charge in [-0.3, -0.25) is 9.69 Å². The molecule has 2 aromatic rings. The molecule has 7 nitrogen and oxygen atoms in total. The Labute approximate surface area is 144 Å². The molecular formula is C16H18ClN3O4. The minimum absolute atomic E-state index is 0.175. The summed E-state index contributed by atoms with van der Waals surface area (Å²) < 4.78 is 15.8. The number of nitrogens with zero attached hydrogens (tertiary/aromatic N) is 2. The molecule has 0 saturated heterocycles. The number of halogens is 1. The topological polar surface area (TPSA) is 76.8 Å². The third kappa shape index (κ3) is 4.05. The summed E-state index contributed by atoms with van der Waals surface area (Å²) in [6.07, 6.45) is 0. The molecule has 8 heteroatoms. The first-order chi connectivity index (χ1) is 11.5. The van der Waals surface area contributed by atoms with Crippen molar-refractivity contribution < 1.29 is 18.8 Å². The molecule has 24 heavy (non-hydrogen) atoms. The molecule has 1 N–H and O–H groups in total. The molecule has 1 amide bonds. The number of likely N-dealkylation sites (N-methyl/N-ethyl adjacent to an activating group) is 1. The Morgan fingerprint density at radius 1 is 1.42 bits per heavy atom. The molecule has 0 spiro atoms. The van der Waals surface area contributed by atoms with Crippen LogP contribution in [0.2, 0.25) is 5.02 Å². The molecule has 1 aromatic heterocycles. The lowest BCUT2D eigenvalue weighted by Crippen LogP contribution is -2.30. The molecule has 0 radical (unpaired) electrons. The van der Waals surface area contributed by atoms with Crippen LogP contribution in [-0.2, 0) is 22.7 Å². The Bertz CT molecular complexity index is 747. The highest BCUT2D eigenvalue weighted by Crippen LogP contribution is 2.32. The number of carbonyl (C=O) groups is 1. The molecule has 0 atom stereocenters. The monoisotopic (exact) mass is 351 g/mol. The largest absolute Gasteiger partial charge is 0.467 e. The highest BCUT2D eigenvalue weighted by molar-refractivity contribution is 6.30. The van der Waals surface area contributed by atoms with Gasteiger partial charge in [0.25, 0.3) is 0 Å². The highest BCUT2D eigenvalue weighted by Gasteiger charge is 2.18. The number of rotatable bonds is 5. The molecule has 128 valence electrons. The zero-order valence-electron chi connectivity index (χ0n) is 13.5. The maximum atomic E-state index is 12.1. The summed E-state index contributed by atoms with van der Waals surface area (Å²) in [6, 6.07) is 5.35. The fourth-order valence-corrected chi connectivity index (χ4v) is 2.84. The summed E-state index contributed by atoms with van der Waals surface area (Å²) >= 11 is 6.15. The summed E-state index contributed by atoms with van der Waals surface area (Å²) in [6.45, 7) is 3.18. The molecular weight excluding hydrogens is 334 g/mol. The second kappa shape index (κ2) is 7.21. The average molecular weight is 352 g/mol. The van der Waals surface area contributed by atoms with Crippen molar-refractivity contribution in [2.75, 3.05) is 25.7 Å². The smallest absolute Gasteiger partial charge is 0.239 e. The molecule has 2 heterocycles. The second-order valence-corrected chi connectivity index (χ2v) is 6.14. The number of carbonyl (C=O) groups excluding carboxylic acids is 1. The van der Waals surface area contributed by atoms with Gasteiger partial charge in [0.1, 0.15) is 11.5 Å². The van der Waals surface area contributed by atoms with Gasteiger partial charge in [-0.1, -0.05) is 16.8 Å². The molecule has 0 unspecified atom stereocenters. The Hall–Kier alpha value is -2.09. The molecule has 0 aliphatic carbocycles. The summed E-state index contributed by atoms with van der Waals surface area (Å²) in [5.74, 6) is 1.66. The van der Waals surface area contributed by atoms with Crippen LogP contribution in [-0.4, -0.2) is 36.3 Å². The quantitative estimate of drug-likeness (QED) is 0.892. The number of hydrogen-bond donors (Lipinski definition) is 1. The van der Waals surface area contributed by atoms with E-state index in [0.29, 0.717) is 29.8 Å². The normalized spacial score (nSPS) is 13.5. The van der Waals surface area contributed by atoms with E-state index >= 15 is 0 Å². The lowest BCUT2D eigenvalue weighted by molar-refractivity contribution is -0.117. The van der Waals surface area contributed by atoms with Crippen LogP contribution in [0.3, 0.4) is 0 Å². The van der Waals surface area contributed by atoms with Crippen LogP contribution < -0.4 is 10.1 Å². The van der Waals surface area contributed by atoms with E-state index in [2.05, 4.69) is 10.5 Å². The second-order valence-electron chi connectivity index (χ2n) is 5.71. The predicted molar refractivity (Wildman–Crippen MR) is 87.9 cm³/mol. The number of aryl methyl sites for hydroxylation is 1. The van der Waals surface area contributed by atoms with E-state index in [1.54, 1.807) is 13.0 Å². The summed E-state index contributed by atoms with van der Waals surface area (Å²) in [7, 11) is 1.85. The van der Waals surface area contributed by atoms with Crippen molar-refractivity contribution in [3.05, 3.63) is 40.1 Å². The van der Waals surface area contributed by atoms with Crippen LogP contribution in [0.5, 0.6) is 5.75 Å². The van der Waals surface area contributed by atoms with E-state index in [4.69, 9.17) is 25.6 Å². The molecule has 1 aliphatic rings. The number of nitrogens with one attached hydrogen (secondary N) is 1. The van der Waals surface area contributed by atoms with Gasteiger partial charge in [-0.05, 0) is 26.1 Å². The number of anilines is 1. The van der Waals surface area contributed by atoms with Gasteiger partial charge in [0, 0.05) is 28.8 Å². The fraction of sp³-hybridized carbons (Fsp3) is 0.375. The van der Waals surface area contributed by atoms with Crippen molar-refractivity contribution in [3.8, 4) is 5.75 Å². The van der Waals surface area contributed by atoms with Crippen molar-refractivity contribution in [1.29, 1.82) is 0 Å². The van der Waals surface area contributed by atoms with Gasteiger partial charge in [0.2, 0.25) is 5.91 Å². The highest BCUT2D eigenvalue weighted by atomic mass is 35.5. The summed E-state index contributed by atoms with van der Waals surface area (Å²) in [5, 5.41) is 7.05. The maximum Gasteiger partial charge on any atom is 0.239 e. The number of fused-ring (bicyclic) bond motifs is 1. The van der Waals surface area contributed by atoms with Gasteiger partial charge < -0.3 is 19.3 Å². The third-order valence-electron chi connectivity index (χ3n) is 3.50. The summed E-state index contributed by atoms with van der Waals surface area (Å²) in [5.41, 5.74) is 1.84. The molecule has 3 rings (SSSR count). The molecule has 0 saturated carbocycles. The Morgan fingerprint density at radius 2 is 2.25 bits per heavy atom. The Morgan fingerprint density at radius 3 is 3.00 bits per heavy atom. The van der Waals surface area contributed by atoms with Crippen LogP contribution in [0.4, 0.5) is 5.82 Å². The number of aromatic nitrogens is 1. The van der Waals surface area contributed by atoms with Crippen LogP contribution in [0, 0.1) is 6.92 Å². The van der Waals surface area contributed by atoms with Gasteiger partial charge in [0.15, 0.2) is 12.6 Å². The van der Waals surface area contributed by atoms with Gasteiger partial charge >= 0.3 is 0 Å². The van der Waals surface area contributed by atoms with Crippen molar-refractivity contribution in [3.63, 3.8) is 0 Å². The average Bonchev–Trinajstić information content (AvgIpc) is 2.91. The Kier molecular flexibility index (Phi) is 5.03. The number of benzene rings is 1. The van der Waals surface area contributed by atoms with Crippen molar-refractivity contribution in [2.45, 2.75) is 20.1 Å². The maximum absolute atomic E-state index is 12.1. The predicted octanol–water partition coefficient (Wildman–Crippen LogP) is 2.57. The van der Waals surface area contributed by atoms with Crippen molar-refractivity contribution in [2.24, 2.45) is 0 Å². The van der Waals surface area contributed by atoms with Crippen molar-refractivity contribution >= 4 is 23.3 Å². The molecule has 1 aromatic carbocycles. The van der Waals surface area contributed by atoms with Crippen molar-refractivity contribution in [1.82, 2.24) is 10.1 Å². The third-order valence-corrected chi connectivity index (χ3v) is 3.72. The standard InChI is InChI=1S/C16H18ClN3O4/c1-10-3-14(19-24-10)18-15(21)7-20(2)6-11-4-13(17)5-12-8-22-9-23-16(11)12/h3-5H,6-9H2,1-2H3,(H,18,19,21). The van der Waals surface area contributed by atoms with E-state index in [1.165, 1.54) is 0 Å². The number of ether oxygens (including phenoxy) is 2. The number of amides is 1. The van der Waals surface area contributed by atoms with Gasteiger partial charge in [-0.25, -0.2) is 0 Å².